The van der Waals surface area contributed by atoms with Crippen molar-refractivity contribution in [2.24, 2.45) is 0 Å². The van der Waals surface area contributed by atoms with Crippen LogP contribution >= 0.6 is 11.6 Å². The Morgan fingerprint density at radius 1 is 1.44 bits per heavy atom. The second kappa shape index (κ2) is 4.49. The molecular weight excluding hydrogens is 230 g/mol. The highest BCUT2D eigenvalue weighted by molar-refractivity contribution is 6.20. The molecule has 1 atom stereocenters. The molecular formula is C10H10ClN3O2. The summed E-state index contributed by atoms with van der Waals surface area (Å²) >= 11 is 5.83. The van der Waals surface area contributed by atoms with Gasteiger partial charge in [-0.1, -0.05) is 0 Å². The number of methoxy groups -OCH3 is 1. The van der Waals surface area contributed by atoms with Crippen LogP contribution in [0.5, 0.6) is 5.88 Å². The molecule has 16 heavy (non-hydrogen) atoms. The zero-order valence-electron chi connectivity index (χ0n) is 8.85. The van der Waals surface area contributed by atoms with Crippen LogP contribution in [0.2, 0.25) is 0 Å². The van der Waals surface area contributed by atoms with Crippen molar-refractivity contribution in [2.45, 2.75) is 12.3 Å². The van der Waals surface area contributed by atoms with E-state index in [2.05, 4.69) is 15.2 Å². The van der Waals surface area contributed by atoms with Crippen molar-refractivity contribution >= 4 is 11.6 Å². The molecule has 84 valence electrons. The molecule has 0 radical (unpaired) electrons. The van der Waals surface area contributed by atoms with E-state index in [9.17, 15) is 0 Å². The summed E-state index contributed by atoms with van der Waals surface area (Å²) in [6.45, 7) is 1.76. The van der Waals surface area contributed by atoms with Crippen molar-refractivity contribution in [1.29, 1.82) is 0 Å². The van der Waals surface area contributed by atoms with Crippen LogP contribution in [-0.4, -0.2) is 22.3 Å². The van der Waals surface area contributed by atoms with Crippen molar-refractivity contribution in [3.8, 4) is 17.3 Å². The van der Waals surface area contributed by atoms with Crippen LogP contribution in [0.15, 0.2) is 22.7 Å². The fourth-order valence-corrected chi connectivity index (χ4v) is 1.31. The van der Waals surface area contributed by atoms with E-state index in [4.69, 9.17) is 20.8 Å². The Morgan fingerprint density at radius 3 is 2.88 bits per heavy atom. The molecule has 0 saturated heterocycles. The third kappa shape index (κ3) is 1.99. The third-order valence-electron chi connectivity index (χ3n) is 1.98. The number of aromatic nitrogens is 3. The molecule has 0 N–H and O–H groups in total. The molecule has 2 aromatic rings. The molecule has 0 aliphatic carbocycles. The number of halogens is 1. The Kier molecular flexibility index (Phi) is 3.05. The van der Waals surface area contributed by atoms with Crippen molar-refractivity contribution in [2.75, 3.05) is 7.11 Å². The summed E-state index contributed by atoms with van der Waals surface area (Å²) in [4.78, 5) is 4.04. The van der Waals surface area contributed by atoms with Gasteiger partial charge in [-0.15, -0.1) is 21.8 Å². The molecule has 0 aliphatic heterocycles. The molecule has 0 saturated carbocycles. The number of nitrogens with zero attached hydrogens (tertiary/aromatic N) is 3. The SMILES string of the molecule is COc1ncccc1-c1nnc(C(C)Cl)o1. The molecule has 0 fully saturated rings. The summed E-state index contributed by atoms with van der Waals surface area (Å²) in [6.07, 6.45) is 1.63. The van der Waals surface area contributed by atoms with Crippen LogP contribution < -0.4 is 4.74 Å². The molecule has 0 amide bonds. The molecule has 2 heterocycles. The molecule has 6 heteroatoms. The maximum Gasteiger partial charge on any atom is 0.253 e. The van der Waals surface area contributed by atoms with Gasteiger partial charge in [-0.05, 0) is 19.1 Å². The minimum Gasteiger partial charge on any atom is -0.480 e. The lowest BCUT2D eigenvalue weighted by Gasteiger charge is -2.01. The lowest BCUT2D eigenvalue weighted by Crippen LogP contribution is -1.90. The number of ether oxygens (including phenoxy) is 1. The lowest BCUT2D eigenvalue weighted by atomic mass is 10.3. The van der Waals surface area contributed by atoms with Crippen LogP contribution in [0.1, 0.15) is 18.2 Å². The standard InChI is InChI=1S/C10H10ClN3O2/c1-6(11)8-13-14-10(16-8)7-4-3-5-12-9(7)15-2/h3-6H,1-2H3. The summed E-state index contributed by atoms with van der Waals surface area (Å²) in [5.74, 6) is 1.18. The first-order valence-electron chi connectivity index (χ1n) is 4.69. The monoisotopic (exact) mass is 239 g/mol. The van der Waals surface area contributed by atoms with Crippen molar-refractivity contribution in [1.82, 2.24) is 15.2 Å². The third-order valence-corrected chi connectivity index (χ3v) is 2.16. The minimum atomic E-state index is -0.316. The van der Waals surface area contributed by atoms with Crippen LogP contribution in [0.4, 0.5) is 0 Å². The van der Waals surface area contributed by atoms with E-state index in [1.54, 1.807) is 25.3 Å². The van der Waals surface area contributed by atoms with Crippen molar-refractivity contribution in [3.63, 3.8) is 0 Å². The molecule has 0 spiro atoms. The first-order valence-corrected chi connectivity index (χ1v) is 5.13. The Hall–Kier alpha value is -1.62. The minimum absolute atomic E-state index is 0.316. The number of rotatable bonds is 3. The van der Waals surface area contributed by atoms with Gasteiger partial charge in [0.15, 0.2) is 0 Å². The number of pyridine rings is 1. The second-order valence-electron chi connectivity index (χ2n) is 3.12. The predicted molar refractivity (Wildman–Crippen MR) is 58.3 cm³/mol. The lowest BCUT2D eigenvalue weighted by molar-refractivity contribution is 0.397. The van der Waals surface area contributed by atoms with Gasteiger partial charge < -0.3 is 9.15 Å². The second-order valence-corrected chi connectivity index (χ2v) is 3.78. The van der Waals surface area contributed by atoms with Gasteiger partial charge in [0, 0.05) is 6.20 Å². The molecule has 0 aliphatic rings. The van der Waals surface area contributed by atoms with E-state index >= 15 is 0 Å². The summed E-state index contributed by atoms with van der Waals surface area (Å²) in [5, 5.41) is 7.41. The summed E-state index contributed by atoms with van der Waals surface area (Å²) in [6, 6.07) is 3.56. The fourth-order valence-electron chi connectivity index (χ4n) is 1.22. The Balaban J connectivity index is 2.42. The predicted octanol–water partition coefficient (Wildman–Crippen LogP) is 2.44. The van der Waals surface area contributed by atoms with E-state index < -0.39 is 0 Å². The van der Waals surface area contributed by atoms with Gasteiger partial charge >= 0.3 is 0 Å². The molecule has 5 nitrogen and oxygen atoms in total. The average Bonchev–Trinajstić information content (AvgIpc) is 2.78. The highest BCUT2D eigenvalue weighted by Gasteiger charge is 2.16. The summed E-state index contributed by atoms with van der Waals surface area (Å²) in [5.41, 5.74) is 0.654. The van der Waals surface area contributed by atoms with Crippen LogP contribution in [0.3, 0.4) is 0 Å². The molecule has 0 aromatic carbocycles. The van der Waals surface area contributed by atoms with E-state index in [-0.39, 0.29) is 5.38 Å². The van der Waals surface area contributed by atoms with Crippen LogP contribution in [0.25, 0.3) is 11.5 Å². The molecule has 0 bridgehead atoms. The maximum absolute atomic E-state index is 5.83. The first kappa shape index (κ1) is 10.9. The first-order chi connectivity index (χ1) is 7.72. The van der Waals surface area contributed by atoms with Crippen LogP contribution in [0, 0.1) is 0 Å². The Labute approximate surface area is 97.4 Å². The van der Waals surface area contributed by atoms with Gasteiger partial charge in [0.2, 0.25) is 11.8 Å². The van der Waals surface area contributed by atoms with Gasteiger partial charge in [0.25, 0.3) is 5.89 Å². The smallest absolute Gasteiger partial charge is 0.253 e. The van der Waals surface area contributed by atoms with E-state index in [1.165, 1.54) is 7.11 Å². The van der Waals surface area contributed by atoms with Crippen molar-refractivity contribution in [3.05, 3.63) is 24.2 Å². The quantitative estimate of drug-likeness (QED) is 0.770. The van der Waals surface area contributed by atoms with Crippen LogP contribution in [-0.2, 0) is 0 Å². The zero-order chi connectivity index (χ0) is 11.5. The zero-order valence-corrected chi connectivity index (χ0v) is 9.60. The van der Waals surface area contributed by atoms with Gasteiger partial charge in [-0.2, -0.15) is 0 Å². The normalized spacial score (nSPS) is 12.4. The highest BCUT2D eigenvalue weighted by Crippen LogP contribution is 2.28. The Morgan fingerprint density at radius 2 is 2.25 bits per heavy atom. The van der Waals surface area contributed by atoms with E-state index in [0.29, 0.717) is 23.2 Å². The molecule has 1 unspecified atom stereocenters. The Bertz CT molecular complexity index is 484. The summed E-state index contributed by atoms with van der Waals surface area (Å²) < 4.78 is 10.5. The number of hydrogen-bond donors (Lipinski definition) is 0. The summed E-state index contributed by atoms with van der Waals surface area (Å²) in [7, 11) is 1.54. The average molecular weight is 240 g/mol. The van der Waals surface area contributed by atoms with E-state index in [1.807, 2.05) is 0 Å². The fraction of sp³-hybridized carbons (Fsp3) is 0.300. The number of alkyl halides is 1. The van der Waals surface area contributed by atoms with Gasteiger partial charge in [-0.3, -0.25) is 0 Å². The molecule has 2 rings (SSSR count). The topological polar surface area (TPSA) is 61.0 Å². The van der Waals surface area contributed by atoms with E-state index in [0.717, 1.165) is 0 Å². The number of hydrogen-bond acceptors (Lipinski definition) is 5. The highest BCUT2D eigenvalue weighted by atomic mass is 35.5. The van der Waals surface area contributed by atoms with Crippen molar-refractivity contribution < 1.29 is 9.15 Å². The van der Waals surface area contributed by atoms with Gasteiger partial charge in [0.05, 0.1) is 7.11 Å². The molecule has 2 aromatic heterocycles. The van der Waals surface area contributed by atoms with Gasteiger partial charge in [0.1, 0.15) is 10.9 Å². The van der Waals surface area contributed by atoms with Gasteiger partial charge in [-0.25, -0.2) is 4.98 Å². The largest absolute Gasteiger partial charge is 0.480 e. The maximum atomic E-state index is 5.83.